The van der Waals surface area contributed by atoms with Crippen molar-refractivity contribution in [3.63, 3.8) is 0 Å². The van der Waals surface area contributed by atoms with Crippen LogP contribution in [0.2, 0.25) is 0 Å². The lowest BCUT2D eigenvalue weighted by Crippen LogP contribution is -2.48. The Bertz CT molecular complexity index is 1160. The molecule has 2 N–H and O–H groups in total. The molecule has 0 saturated carbocycles. The van der Waals surface area contributed by atoms with Gasteiger partial charge < -0.3 is 15.5 Å². The summed E-state index contributed by atoms with van der Waals surface area (Å²) in [6.07, 6.45) is 0.0438. The number of nitrogens with one attached hydrogen (secondary N) is 2. The van der Waals surface area contributed by atoms with Crippen LogP contribution in [0.1, 0.15) is 29.9 Å². The van der Waals surface area contributed by atoms with Gasteiger partial charge in [0.05, 0.1) is 18.4 Å². The van der Waals surface area contributed by atoms with Crippen molar-refractivity contribution in [2.45, 2.75) is 39.7 Å². The molecule has 1 atom stereocenters. The fraction of sp³-hybridized carbons (Fsp3) is 0.381. The normalized spacial score (nSPS) is 15.4. The molecule has 182 valence electrons. The van der Waals surface area contributed by atoms with Crippen LogP contribution in [0.15, 0.2) is 30.7 Å². The summed E-state index contributed by atoms with van der Waals surface area (Å²) in [5.41, 5.74) is 1.39. The number of nitrogens with zero attached hydrogens (tertiary/aromatic N) is 6. The zero-order chi connectivity index (χ0) is 23.8. The number of hydrogen-bond donors (Lipinski definition) is 2. The molecule has 1 amide bonds. The van der Waals surface area contributed by atoms with Crippen molar-refractivity contribution in [2.24, 2.45) is 0 Å². The molecule has 4 heterocycles. The molecule has 9 nitrogen and oxygen atoms in total. The molecule has 3 aromatic rings. The van der Waals surface area contributed by atoms with Gasteiger partial charge in [-0.25, -0.2) is 9.37 Å². The molecular formula is C21H24F4N8O. The van der Waals surface area contributed by atoms with E-state index in [0.717, 1.165) is 11.6 Å². The molecule has 0 saturated heterocycles. The van der Waals surface area contributed by atoms with Crippen LogP contribution in [0, 0.1) is 6.92 Å². The fourth-order valence-electron chi connectivity index (χ4n) is 3.38. The first kappa shape index (κ1) is 24.9. The first-order chi connectivity index (χ1) is 15.7. The number of alkyl halides is 4. The number of aryl methyl sites for hydroxylation is 1. The summed E-state index contributed by atoms with van der Waals surface area (Å²) in [4.78, 5) is 25.7. The van der Waals surface area contributed by atoms with E-state index < -0.39 is 30.5 Å². The summed E-state index contributed by atoms with van der Waals surface area (Å²) in [7, 11) is 1.60. The number of carbonyl (C=O) groups is 1. The molecule has 0 aromatic carbocycles. The van der Waals surface area contributed by atoms with Crippen LogP contribution in [0.5, 0.6) is 0 Å². The van der Waals surface area contributed by atoms with E-state index in [1.807, 2.05) is 0 Å². The second kappa shape index (κ2) is 9.61. The summed E-state index contributed by atoms with van der Waals surface area (Å²) in [6, 6.07) is 1.33. The van der Waals surface area contributed by atoms with Crippen molar-refractivity contribution < 1.29 is 22.4 Å². The third-order valence-corrected chi connectivity index (χ3v) is 5.17. The molecular weight excluding hydrogens is 456 g/mol. The number of halogens is 4. The van der Waals surface area contributed by atoms with E-state index in [-0.39, 0.29) is 14.0 Å². The average molecular weight is 480 g/mol. The highest BCUT2D eigenvalue weighted by molar-refractivity contribution is 6.03. The summed E-state index contributed by atoms with van der Waals surface area (Å²) in [5.74, 6) is 0.264. The minimum absolute atomic E-state index is 0. The Labute approximate surface area is 193 Å². The summed E-state index contributed by atoms with van der Waals surface area (Å²) in [5, 5.41) is 9.93. The standard InChI is InChI=1S/C20H20F4N8O.CH4/c1-11-16-17(31(2)14(5-21)18(33)29-16)30-19(28-11)26-7-13-8-27-32(10-13)9-12-3-4-15(25-6-12)20(22,23)24;/h3-4,6,8,10,14H,5,7,9H2,1-2H3,(H,29,33)(H,26,28,30);1H4/t14-;/m0./s1. The Morgan fingerprint density at radius 3 is 2.59 bits per heavy atom. The van der Waals surface area contributed by atoms with Crippen molar-refractivity contribution in [1.29, 1.82) is 0 Å². The highest BCUT2D eigenvalue weighted by Gasteiger charge is 2.33. The number of amides is 1. The van der Waals surface area contributed by atoms with E-state index in [2.05, 4.69) is 30.7 Å². The molecule has 0 aliphatic carbocycles. The predicted octanol–water partition coefficient (Wildman–Crippen LogP) is 3.42. The SMILES string of the molecule is C.Cc1nc(NCc2cnn(Cc3ccc(C(F)(F)F)nc3)c2)nc2c1NC(=O)[C@H](CF)N2C. The van der Waals surface area contributed by atoms with E-state index in [4.69, 9.17) is 0 Å². The lowest BCUT2D eigenvalue weighted by molar-refractivity contribution is -0.141. The Morgan fingerprint density at radius 1 is 1.18 bits per heavy atom. The number of likely N-dealkylation sites (N-methyl/N-ethyl adjacent to an activating group) is 1. The monoisotopic (exact) mass is 480 g/mol. The molecule has 1 aliphatic heterocycles. The second-order valence-corrected chi connectivity index (χ2v) is 7.55. The maximum atomic E-state index is 13.3. The summed E-state index contributed by atoms with van der Waals surface area (Å²) < 4.78 is 52.7. The van der Waals surface area contributed by atoms with Gasteiger partial charge in [0.25, 0.3) is 0 Å². The third kappa shape index (κ3) is 5.07. The Kier molecular flexibility index (Phi) is 7.03. The molecule has 4 rings (SSSR count). The number of rotatable bonds is 6. The predicted molar refractivity (Wildman–Crippen MR) is 118 cm³/mol. The van der Waals surface area contributed by atoms with E-state index in [9.17, 15) is 22.4 Å². The molecule has 1 aliphatic rings. The van der Waals surface area contributed by atoms with Crippen LogP contribution in [0.3, 0.4) is 0 Å². The number of pyridine rings is 1. The maximum Gasteiger partial charge on any atom is 0.433 e. The second-order valence-electron chi connectivity index (χ2n) is 7.55. The number of carbonyl (C=O) groups excluding carboxylic acids is 1. The quantitative estimate of drug-likeness (QED) is 0.522. The number of anilines is 3. The van der Waals surface area contributed by atoms with Crippen LogP contribution < -0.4 is 15.5 Å². The molecule has 3 aromatic heterocycles. The van der Waals surface area contributed by atoms with Gasteiger partial charge in [-0.2, -0.15) is 23.3 Å². The van der Waals surface area contributed by atoms with Crippen LogP contribution >= 0.6 is 0 Å². The number of hydrogen-bond acceptors (Lipinski definition) is 7. The van der Waals surface area contributed by atoms with Gasteiger partial charge in [0.15, 0.2) is 5.82 Å². The van der Waals surface area contributed by atoms with Gasteiger partial charge >= 0.3 is 6.18 Å². The van der Waals surface area contributed by atoms with E-state index in [1.54, 1.807) is 31.0 Å². The van der Waals surface area contributed by atoms with Gasteiger partial charge in [-0.1, -0.05) is 13.5 Å². The highest BCUT2D eigenvalue weighted by atomic mass is 19.4. The molecule has 0 spiro atoms. The Hall–Kier alpha value is -3.77. The van der Waals surface area contributed by atoms with Gasteiger partial charge in [-0.15, -0.1) is 0 Å². The van der Waals surface area contributed by atoms with Crippen LogP contribution in [0.25, 0.3) is 0 Å². The van der Waals surface area contributed by atoms with Gasteiger partial charge in [-0.05, 0) is 18.6 Å². The maximum absolute atomic E-state index is 13.3. The van der Waals surface area contributed by atoms with Crippen molar-refractivity contribution >= 4 is 23.4 Å². The van der Waals surface area contributed by atoms with Crippen molar-refractivity contribution in [3.05, 3.63) is 53.2 Å². The van der Waals surface area contributed by atoms with Crippen molar-refractivity contribution in [1.82, 2.24) is 24.7 Å². The minimum Gasteiger partial charge on any atom is -0.350 e. The Balaban J connectivity index is 0.00000324. The zero-order valence-corrected chi connectivity index (χ0v) is 17.7. The lowest BCUT2D eigenvalue weighted by atomic mass is 10.1. The molecule has 0 fully saturated rings. The summed E-state index contributed by atoms with van der Waals surface area (Å²) >= 11 is 0. The zero-order valence-electron chi connectivity index (χ0n) is 17.7. The van der Waals surface area contributed by atoms with Crippen LogP contribution in [-0.4, -0.2) is 50.4 Å². The first-order valence-electron chi connectivity index (χ1n) is 9.91. The highest BCUT2D eigenvalue weighted by Crippen LogP contribution is 2.32. The summed E-state index contributed by atoms with van der Waals surface area (Å²) in [6.45, 7) is 1.45. The average Bonchev–Trinajstić information content (AvgIpc) is 3.20. The molecule has 34 heavy (non-hydrogen) atoms. The van der Waals surface area contributed by atoms with Crippen LogP contribution in [-0.2, 0) is 24.1 Å². The topological polar surface area (TPSA) is 101 Å². The third-order valence-electron chi connectivity index (χ3n) is 5.17. The largest absolute Gasteiger partial charge is 0.433 e. The molecule has 0 unspecified atom stereocenters. The van der Waals surface area contributed by atoms with Gasteiger partial charge in [-0.3, -0.25) is 14.5 Å². The molecule has 13 heteroatoms. The van der Waals surface area contributed by atoms with Gasteiger partial charge in [0.1, 0.15) is 24.1 Å². The van der Waals surface area contributed by atoms with Crippen molar-refractivity contribution in [3.8, 4) is 0 Å². The number of fused-ring (bicyclic) bond motifs is 1. The van der Waals surface area contributed by atoms with Gasteiger partial charge in [0, 0.05) is 31.5 Å². The fourth-order valence-corrected chi connectivity index (χ4v) is 3.38. The van der Waals surface area contributed by atoms with E-state index in [1.165, 1.54) is 17.2 Å². The number of aromatic nitrogens is 5. The van der Waals surface area contributed by atoms with E-state index >= 15 is 0 Å². The Morgan fingerprint density at radius 2 is 1.94 bits per heavy atom. The first-order valence-corrected chi connectivity index (χ1v) is 9.91. The molecule has 0 bridgehead atoms. The van der Waals surface area contributed by atoms with Crippen LogP contribution in [0.4, 0.5) is 35.0 Å². The molecule has 0 radical (unpaired) electrons. The van der Waals surface area contributed by atoms with Gasteiger partial charge in [0.2, 0.25) is 11.9 Å². The minimum atomic E-state index is -4.48. The van der Waals surface area contributed by atoms with E-state index in [0.29, 0.717) is 35.3 Å². The van der Waals surface area contributed by atoms with Crippen molar-refractivity contribution in [2.75, 3.05) is 29.3 Å². The smallest absolute Gasteiger partial charge is 0.350 e. The lowest BCUT2D eigenvalue weighted by Gasteiger charge is -2.33.